The molecule has 1 aliphatic rings. The largest absolute Gasteiger partial charge is 0.494 e. The Kier molecular flexibility index (Phi) is 8.36. The van der Waals surface area contributed by atoms with E-state index in [-0.39, 0.29) is 31.3 Å². The van der Waals surface area contributed by atoms with E-state index >= 15 is 0 Å². The van der Waals surface area contributed by atoms with Crippen LogP contribution in [0.15, 0.2) is 24.3 Å². The fourth-order valence-corrected chi connectivity index (χ4v) is 3.73. The summed E-state index contributed by atoms with van der Waals surface area (Å²) in [5, 5.41) is 1.53. The topological polar surface area (TPSA) is 44.8 Å². The van der Waals surface area contributed by atoms with Gasteiger partial charge in [-0.2, -0.15) is 0 Å². The Balaban J connectivity index is 1.57. The number of carbonyl (C=O) groups is 1. The van der Waals surface area contributed by atoms with Gasteiger partial charge >= 0.3 is 0 Å². The highest BCUT2D eigenvalue weighted by atomic mass is 35.5. The Morgan fingerprint density at radius 2 is 1.61 bits per heavy atom. The SMILES string of the molecule is CCCCOc1ccc(C(=O)NC(=S)N2CCN(c3c(F)c(F)c(Cl)c(F)c3F)CC2)cc1. The zero-order chi connectivity index (χ0) is 24.1. The molecule has 11 heteroatoms. The molecule has 0 aliphatic carbocycles. The number of carbonyl (C=O) groups excluding carboxylic acids is 1. The number of benzene rings is 2. The van der Waals surface area contributed by atoms with Crippen LogP contribution >= 0.6 is 23.8 Å². The molecule has 0 spiro atoms. The van der Waals surface area contributed by atoms with E-state index in [4.69, 9.17) is 28.6 Å². The fraction of sp³-hybridized carbons (Fsp3) is 0.364. The smallest absolute Gasteiger partial charge is 0.257 e. The van der Waals surface area contributed by atoms with Crippen molar-refractivity contribution in [2.45, 2.75) is 19.8 Å². The number of piperazine rings is 1. The molecular weight excluding hydrogens is 482 g/mol. The van der Waals surface area contributed by atoms with Gasteiger partial charge in [0.05, 0.1) is 6.61 Å². The van der Waals surface area contributed by atoms with Crippen molar-refractivity contribution in [1.29, 1.82) is 0 Å². The van der Waals surface area contributed by atoms with Gasteiger partial charge in [-0.25, -0.2) is 17.6 Å². The summed E-state index contributed by atoms with van der Waals surface area (Å²) in [6, 6.07) is 6.62. The second-order valence-electron chi connectivity index (χ2n) is 7.38. The highest BCUT2D eigenvalue weighted by Crippen LogP contribution is 2.33. The Morgan fingerprint density at radius 1 is 1.03 bits per heavy atom. The van der Waals surface area contributed by atoms with E-state index in [0.717, 1.165) is 12.8 Å². The number of nitrogens with zero attached hydrogens (tertiary/aromatic N) is 2. The normalized spacial score (nSPS) is 13.8. The molecule has 1 heterocycles. The Hall–Kier alpha value is -2.59. The zero-order valence-electron chi connectivity index (χ0n) is 17.8. The van der Waals surface area contributed by atoms with E-state index in [0.29, 0.717) is 17.9 Å². The molecule has 178 valence electrons. The predicted octanol–water partition coefficient (Wildman–Crippen LogP) is 4.91. The van der Waals surface area contributed by atoms with Crippen molar-refractivity contribution in [3.05, 3.63) is 58.1 Å². The molecule has 1 aliphatic heterocycles. The van der Waals surface area contributed by atoms with Gasteiger partial charge in [0.25, 0.3) is 5.91 Å². The first-order chi connectivity index (χ1) is 15.7. The summed E-state index contributed by atoms with van der Waals surface area (Å²) in [6.07, 6.45) is 1.95. The number of amides is 1. The van der Waals surface area contributed by atoms with Crippen LogP contribution in [0, 0.1) is 23.3 Å². The molecule has 0 atom stereocenters. The van der Waals surface area contributed by atoms with Crippen LogP contribution in [0.1, 0.15) is 30.1 Å². The molecule has 1 saturated heterocycles. The average molecular weight is 504 g/mol. The quantitative estimate of drug-likeness (QED) is 0.199. The number of anilines is 1. The van der Waals surface area contributed by atoms with Crippen LogP contribution in [-0.2, 0) is 0 Å². The van der Waals surface area contributed by atoms with E-state index < -0.39 is 39.9 Å². The summed E-state index contributed by atoms with van der Waals surface area (Å²) < 4.78 is 61.5. The maximum absolute atomic E-state index is 14.2. The Bertz CT molecular complexity index is 1000. The van der Waals surface area contributed by atoms with E-state index in [2.05, 4.69) is 12.2 Å². The van der Waals surface area contributed by atoms with Gasteiger partial charge in [0.2, 0.25) is 0 Å². The lowest BCUT2D eigenvalue weighted by molar-refractivity contribution is 0.0973. The van der Waals surface area contributed by atoms with Gasteiger partial charge < -0.3 is 14.5 Å². The Labute approximate surface area is 199 Å². The van der Waals surface area contributed by atoms with Crippen molar-refractivity contribution in [3.63, 3.8) is 0 Å². The fourth-order valence-electron chi connectivity index (χ4n) is 3.29. The van der Waals surface area contributed by atoms with Gasteiger partial charge in [-0.3, -0.25) is 10.1 Å². The molecule has 0 unspecified atom stereocenters. The lowest BCUT2D eigenvalue weighted by Crippen LogP contribution is -2.53. The summed E-state index contributed by atoms with van der Waals surface area (Å²) in [5.74, 6) is -6.14. The molecule has 1 amide bonds. The minimum Gasteiger partial charge on any atom is -0.494 e. The third-order valence-corrected chi connectivity index (χ3v) is 5.87. The molecule has 3 rings (SSSR count). The van der Waals surface area contributed by atoms with Gasteiger partial charge in [0.15, 0.2) is 28.4 Å². The maximum atomic E-state index is 14.2. The number of hydrogen-bond acceptors (Lipinski definition) is 4. The number of halogens is 5. The zero-order valence-corrected chi connectivity index (χ0v) is 19.3. The summed E-state index contributed by atoms with van der Waals surface area (Å²) in [7, 11) is 0. The molecule has 0 radical (unpaired) electrons. The average Bonchev–Trinajstić information content (AvgIpc) is 2.82. The van der Waals surface area contributed by atoms with E-state index in [1.54, 1.807) is 29.2 Å². The summed E-state index contributed by atoms with van der Waals surface area (Å²) in [6.45, 7) is 3.05. The lowest BCUT2D eigenvalue weighted by Gasteiger charge is -2.37. The van der Waals surface area contributed by atoms with Gasteiger partial charge in [-0.15, -0.1) is 0 Å². The molecule has 2 aromatic carbocycles. The van der Waals surface area contributed by atoms with Crippen LogP contribution in [-0.4, -0.2) is 48.7 Å². The Morgan fingerprint density at radius 3 is 2.15 bits per heavy atom. The van der Waals surface area contributed by atoms with Crippen molar-refractivity contribution in [3.8, 4) is 5.75 Å². The molecule has 0 saturated carbocycles. The summed E-state index contributed by atoms with van der Waals surface area (Å²) in [4.78, 5) is 15.3. The van der Waals surface area contributed by atoms with Gasteiger partial charge in [-0.1, -0.05) is 24.9 Å². The maximum Gasteiger partial charge on any atom is 0.257 e. The number of thiocarbonyl (C=S) groups is 1. The molecule has 1 N–H and O–H groups in total. The number of ether oxygens (including phenoxy) is 1. The number of hydrogen-bond donors (Lipinski definition) is 1. The number of unbranched alkanes of at least 4 members (excludes halogenated alkanes) is 1. The van der Waals surface area contributed by atoms with Crippen LogP contribution in [0.2, 0.25) is 5.02 Å². The van der Waals surface area contributed by atoms with E-state index in [9.17, 15) is 22.4 Å². The van der Waals surface area contributed by atoms with Crippen molar-refractivity contribution >= 4 is 40.5 Å². The molecule has 2 aromatic rings. The summed E-state index contributed by atoms with van der Waals surface area (Å²) >= 11 is 10.6. The highest BCUT2D eigenvalue weighted by molar-refractivity contribution is 7.80. The van der Waals surface area contributed by atoms with Crippen LogP contribution < -0.4 is 15.0 Å². The van der Waals surface area contributed by atoms with Crippen LogP contribution in [0.5, 0.6) is 5.75 Å². The van der Waals surface area contributed by atoms with Gasteiger partial charge in [-0.05, 0) is 42.9 Å². The van der Waals surface area contributed by atoms with Gasteiger partial charge in [0, 0.05) is 31.7 Å². The first-order valence-electron chi connectivity index (χ1n) is 10.3. The minimum absolute atomic E-state index is 0.0220. The number of rotatable bonds is 6. The van der Waals surface area contributed by atoms with E-state index in [1.165, 1.54) is 4.90 Å². The monoisotopic (exact) mass is 503 g/mol. The van der Waals surface area contributed by atoms with Crippen molar-refractivity contribution in [1.82, 2.24) is 10.2 Å². The molecular formula is C22H22ClF4N3O2S. The van der Waals surface area contributed by atoms with Gasteiger partial charge in [0.1, 0.15) is 16.5 Å². The second kappa shape index (κ2) is 11.0. The predicted molar refractivity (Wildman–Crippen MR) is 122 cm³/mol. The molecule has 0 aromatic heterocycles. The van der Waals surface area contributed by atoms with Crippen LogP contribution in [0.3, 0.4) is 0 Å². The second-order valence-corrected chi connectivity index (χ2v) is 8.14. The summed E-state index contributed by atoms with van der Waals surface area (Å²) in [5.41, 5.74) is -0.430. The van der Waals surface area contributed by atoms with E-state index in [1.807, 2.05) is 0 Å². The van der Waals surface area contributed by atoms with Crippen LogP contribution in [0.4, 0.5) is 23.2 Å². The van der Waals surface area contributed by atoms with Crippen molar-refractivity contribution in [2.24, 2.45) is 0 Å². The molecule has 5 nitrogen and oxygen atoms in total. The molecule has 33 heavy (non-hydrogen) atoms. The minimum atomic E-state index is -1.64. The number of nitrogens with one attached hydrogen (secondary N) is 1. The lowest BCUT2D eigenvalue weighted by atomic mass is 10.2. The highest BCUT2D eigenvalue weighted by Gasteiger charge is 2.30. The third-order valence-electron chi connectivity index (χ3n) is 5.17. The van der Waals surface area contributed by atoms with Crippen LogP contribution in [0.25, 0.3) is 0 Å². The first-order valence-corrected chi connectivity index (χ1v) is 11.1. The molecule has 0 bridgehead atoms. The molecule has 1 fully saturated rings. The third kappa shape index (κ3) is 5.67. The van der Waals surface area contributed by atoms with Crippen molar-refractivity contribution < 1.29 is 27.1 Å². The van der Waals surface area contributed by atoms with Crippen molar-refractivity contribution in [2.75, 3.05) is 37.7 Å². The first kappa shape index (κ1) is 25.0. The standard InChI is InChI=1S/C22H22ClF4N3O2S/c1-2-3-12-32-14-6-4-13(5-7-14)21(31)28-22(33)30-10-8-29(9-11-30)20-18(26)16(24)15(23)17(25)19(20)27/h4-7H,2-3,8-12H2,1H3,(H,28,31,33).